The molecule has 1 saturated carbocycles. The van der Waals surface area contributed by atoms with E-state index in [2.05, 4.69) is 4.98 Å². The highest BCUT2D eigenvalue weighted by Crippen LogP contribution is 2.22. The van der Waals surface area contributed by atoms with E-state index in [1.165, 1.54) is 5.56 Å². The third kappa shape index (κ3) is 1.90. The Morgan fingerprint density at radius 1 is 1.43 bits per heavy atom. The zero-order valence-electron chi connectivity index (χ0n) is 8.29. The van der Waals surface area contributed by atoms with Gasteiger partial charge in [-0.25, -0.2) is 0 Å². The van der Waals surface area contributed by atoms with Gasteiger partial charge >= 0.3 is 0 Å². The van der Waals surface area contributed by atoms with Crippen molar-refractivity contribution in [1.82, 2.24) is 4.98 Å². The van der Waals surface area contributed by atoms with Gasteiger partial charge in [-0.05, 0) is 49.1 Å². The number of aromatic nitrogens is 1. The molecule has 0 atom stereocenters. The van der Waals surface area contributed by atoms with Crippen LogP contribution in [0.25, 0.3) is 6.08 Å². The molecule has 0 spiro atoms. The molecular formula is C12H13NO. The van der Waals surface area contributed by atoms with Crippen LogP contribution in [-0.4, -0.2) is 10.8 Å². The molecule has 1 aliphatic rings. The summed E-state index contributed by atoms with van der Waals surface area (Å²) in [6, 6.07) is 3.96. The minimum Gasteiger partial charge on any atom is -0.295 e. The van der Waals surface area contributed by atoms with Crippen LogP contribution in [0.3, 0.4) is 0 Å². The predicted octanol–water partition coefficient (Wildman–Crippen LogP) is 2.53. The first kappa shape index (κ1) is 9.13. The Morgan fingerprint density at radius 2 is 2.29 bits per heavy atom. The lowest BCUT2D eigenvalue weighted by atomic mass is 10.1. The standard InChI is InChI=1S/C12H13NO/c1-9-5-6-13-11(7-9)8-10-3-2-4-12(10)14/h5-8H,2-4H2,1H3/b10-8+. The first-order valence-electron chi connectivity index (χ1n) is 4.92. The molecule has 0 N–H and O–H groups in total. The number of hydrogen-bond acceptors (Lipinski definition) is 2. The van der Waals surface area contributed by atoms with Gasteiger partial charge in [-0.2, -0.15) is 0 Å². The summed E-state index contributed by atoms with van der Waals surface area (Å²) in [5.74, 6) is 0.285. The molecule has 0 aromatic carbocycles. The number of ketones is 1. The lowest BCUT2D eigenvalue weighted by Crippen LogP contribution is -1.92. The molecular weight excluding hydrogens is 174 g/mol. The Kier molecular flexibility index (Phi) is 2.44. The maximum Gasteiger partial charge on any atom is 0.158 e. The number of allylic oxidation sites excluding steroid dienone is 1. The fourth-order valence-electron chi connectivity index (χ4n) is 1.71. The Hall–Kier alpha value is -1.44. The summed E-state index contributed by atoms with van der Waals surface area (Å²) < 4.78 is 0. The topological polar surface area (TPSA) is 30.0 Å². The molecule has 14 heavy (non-hydrogen) atoms. The average Bonchev–Trinajstić information content (AvgIpc) is 2.52. The number of hydrogen-bond donors (Lipinski definition) is 0. The maximum atomic E-state index is 11.4. The highest BCUT2D eigenvalue weighted by atomic mass is 16.1. The van der Waals surface area contributed by atoms with Crippen LogP contribution < -0.4 is 0 Å². The summed E-state index contributed by atoms with van der Waals surface area (Å²) in [7, 11) is 0. The van der Waals surface area contributed by atoms with Gasteiger partial charge in [0.05, 0.1) is 5.69 Å². The third-order valence-corrected chi connectivity index (χ3v) is 2.47. The molecule has 0 unspecified atom stereocenters. The molecule has 0 saturated heterocycles. The van der Waals surface area contributed by atoms with Crippen molar-refractivity contribution in [3.8, 4) is 0 Å². The first-order chi connectivity index (χ1) is 6.75. The van der Waals surface area contributed by atoms with Gasteiger partial charge in [0.25, 0.3) is 0 Å². The second kappa shape index (κ2) is 3.74. The van der Waals surface area contributed by atoms with E-state index in [0.29, 0.717) is 6.42 Å². The lowest BCUT2D eigenvalue weighted by Gasteiger charge is -1.97. The summed E-state index contributed by atoms with van der Waals surface area (Å²) >= 11 is 0. The number of pyridine rings is 1. The molecule has 1 aromatic rings. The van der Waals surface area contributed by atoms with Gasteiger partial charge in [0, 0.05) is 12.6 Å². The Labute approximate surface area is 83.7 Å². The zero-order chi connectivity index (χ0) is 9.97. The highest BCUT2D eigenvalue weighted by Gasteiger charge is 2.16. The smallest absolute Gasteiger partial charge is 0.158 e. The van der Waals surface area contributed by atoms with Crippen molar-refractivity contribution < 1.29 is 4.79 Å². The first-order valence-corrected chi connectivity index (χ1v) is 4.92. The molecule has 2 rings (SSSR count). The number of nitrogens with zero attached hydrogens (tertiary/aromatic N) is 1. The molecule has 1 fully saturated rings. The Balaban J connectivity index is 2.28. The van der Waals surface area contributed by atoms with Gasteiger partial charge in [0.15, 0.2) is 5.78 Å². The fourth-order valence-corrected chi connectivity index (χ4v) is 1.71. The molecule has 1 aromatic heterocycles. The summed E-state index contributed by atoms with van der Waals surface area (Å²) in [5, 5.41) is 0. The molecule has 0 radical (unpaired) electrons. The summed E-state index contributed by atoms with van der Waals surface area (Å²) in [6.45, 7) is 2.03. The molecule has 1 aliphatic carbocycles. The zero-order valence-corrected chi connectivity index (χ0v) is 8.29. The van der Waals surface area contributed by atoms with E-state index in [1.807, 2.05) is 25.1 Å². The largest absolute Gasteiger partial charge is 0.295 e. The molecule has 2 nitrogen and oxygen atoms in total. The normalized spacial score (nSPS) is 19.2. The van der Waals surface area contributed by atoms with Gasteiger partial charge in [-0.1, -0.05) is 0 Å². The molecule has 2 heteroatoms. The van der Waals surface area contributed by atoms with Crippen molar-refractivity contribution >= 4 is 11.9 Å². The third-order valence-electron chi connectivity index (χ3n) is 2.47. The van der Waals surface area contributed by atoms with Gasteiger partial charge in [-0.3, -0.25) is 9.78 Å². The molecule has 0 aliphatic heterocycles. The maximum absolute atomic E-state index is 11.4. The van der Waals surface area contributed by atoms with E-state index in [9.17, 15) is 4.79 Å². The number of Topliss-reactive ketones (excluding diaryl/α,β-unsaturated/α-hetero) is 1. The van der Waals surface area contributed by atoms with E-state index in [0.717, 1.165) is 24.1 Å². The molecule has 1 heterocycles. The van der Waals surface area contributed by atoms with Crippen LogP contribution in [0.15, 0.2) is 23.9 Å². The second-order valence-corrected chi connectivity index (χ2v) is 3.70. The van der Waals surface area contributed by atoms with Crippen LogP contribution in [0.4, 0.5) is 0 Å². The van der Waals surface area contributed by atoms with Crippen LogP contribution >= 0.6 is 0 Å². The number of carbonyl (C=O) groups excluding carboxylic acids is 1. The molecule has 0 bridgehead atoms. The van der Waals surface area contributed by atoms with Crippen molar-refractivity contribution in [2.24, 2.45) is 0 Å². The number of rotatable bonds is 1. The van der Waals surface area contributed by atoms with Gasteiger partial charge in [-0.15, -0.1) is 0 Å². The highest BCUT2D eigenvalue weighted by molar-refractivity contribution is 6.01. The molecule has 0 amide bonds. The number of aryl methyl sites for hydroxylation is 1. The van der Waals surface area contributed by atoms with Gasteiger partial charge in [0.2, 0.25) is 0 Å². The average molecular weight is 187 g/mol. The summed E-state index contributed by atoms with van der Waals surface area (Å²) in [6.07, 6.45) is 6.31. The van der Waals surface area contributed by atoms with Crippen molar-refractivity contribution in [2.75, 3.05) is 0 Å². The SMILES string of the molecule is Cc1ccnc(/C=C2\CCCC2=O)c1. The van der Waals surface area contributed by atoms with E-state index < -0.39 is 0 Å². The number of carbonyl (C=O) groups is 1. The van der Waals surface area contributed by atoms with E-state index >= 15 is 0 Å². The van der Waals surface area contributed by atoms with Crippen LogP contribution in [-0.2, 0) is 4.79 Å². The monoisotopic (exact) mass is 187 g/mol. The fraction of sp³-hybridized carbons (Fsp3) is 0.333. The van der Waals surface area contributed by atoms with E-state index in [4.69, 9.17) is 0 Å². The van der Waals surface area contributed by atoms with Crippen molar-refractivity contribution in [3.05, 3.63) is 35.2 Å². The summed E-state index contributed by atoms with van der Waals surface area (Å²) in [5.41, 5.74) is 3.01. The van der Waals surface area contributed by atoms with Crippen molar-refractivity contribution in [3.63, 3.8) is 0 Å². The minimum absolute atomic E-state index is 0.285. The van der Waals surface area contributed by atoms with E-state index in [-0.39, 0.29) is 5.78 Å². The van der Waals surface area contributed by atoms with Crippen LogP contribution in [0.5, 0.6) is 0 Å². The molecule has 72 valence electrons. The predicted molar refractivity (Wildman–Crippen MR) is 55.8 cm³/mol. The quantitative estimate of drug-likeness (QED) is 0.632. The minimum atomic E-state index is 0.285. The second-order valence-electron chi connectivity index (χ2n) is 3.70. The Morgan fingerprint density at radius 3 is 2.93 bits per heavy atom. The van der Waals surface area contributed by atoms with Gasteiger partial charge < -0.3 is 0 Å². The Bertz CT molecular complexity index is 393. The van der Waals surface area contributed by atoms with Gasteiger partial charge in [0.1, 0.15) is 0 Å². The lowest BCUT2D eigenvalue weighted by molar-refractivity contribution is -0.114. The van der Waals surface area contributed by atoms with Crippen LogP contribution in [0.1, 0.15) is 30.5 Å². The van der Waals surface area contributed by atoms with E-state index in [1.54, 1.807) is 6.20 Å². The van der Waals surface area contributed by atoms with Crippen LogP contribution in [0, 0.1) is 6.92 Å². The summed E-state index contributed by atoms with van der Waals surface area (Å²) in [4.78, 5) is 15.6. The van der Waals surface area contributed by atoms with Crippen LogP contribution in [0.2, 0.25) is 0 Å². The van der Waals surface area contributed by atoms with Crippen molar-refractivity contribution in [2.45, 2.75) is 26.2 Å². The van der Waals surface area contributed by atoms with Crippen molar-refractivity contribution in [1.29, 1.82) is 0 Å².